The minimum Gasteiger partial charge on any atom is -0.477 e. The fraction of sp³-hybridized carbons (Fsp3) is 0.683. The van der Waals surface area contributed by atoms with Crippen LogP contribution in [0.4, 0.5) is 0 Å². The molecule has 0 aromatic heterocycles. The van der Waals surface area contributed by atoms with Crippen LogP contribution in [0, 0.1) is 0 Å². The van der Waals surface area contributed by atoms with Gasteiger partial charge in [-0.15, -0.1) is 0 Å². The number of esters is 2. The van der Waals surface area contributed by atoms with Gasteiger partial charge in [0, 0.05) is 12.8 Å². The number of hydrogen-bond donors (Lipinski definition) is 1. The summed E-state index contributed by atoms with van der Waals surface area (Å²) in [5.74, 6) is -2.05. The molecule has 0 aliphatic carbocycles. The Labute approximate surface area is 422 Å². The first kappa shape index (κ1) is 65.2. The van der Waals surface area contributed by atoms with Gasteiger partial charge in [0.15, 0.2) is 6.10 Å². The molecule has 0 radical (unpaired) electrons. The average molecular weight is 965 g/mol. The molecule has 0 rings (SSSR count). The van der Waals surface area contributed by atoms with Crippen molar-refractivity contribution in [3.05, 3.63) is 97.2 Å². The summed E-state index contributed by atoms with van der Waals surface area (Å²) in [5, 5.41) is 9.69. The highest BCUT2D eigenvalue weighted by Gasteiger charge is 2.25. The highest BCUT2D eigenvalue weighted by Crippen LogP contribution is 2.15. The Morgan fingerprint density at radius 2 is 0.783 bits per heavy atom. The molecule has 0 fully saturated rings. The summed E-state index contributed by atoms with van der Waals surface area (Å²) in [5.41, 5.74) is 0. The summed E-state index contributed by atoms with van der Waals surface area (Å²) in [6, 6.07) is 0. The lowest BCUT2D eigenvalue weighted by Crippen LogP contribution is -2.40. The highest BCUT2D eigenvalue weighted by molar-refractivity contribution is 5.71. The lowest BCUT2D eigenvalue weighted by atomic mass is 10.0. The van der Waals surface area contributed by atoms with E-state index < -0.39 is 24.3 Å². The van der Waals surface area contributed by atoms with Gasteiger partial charge in [0.25, 0.3) is 6.29 Å². The second kappa shape index (κ2) is 50.6. The van der Waals surface area contributed by atoms with Crippen molar-refractivity contribution >= 4 is 17.9 Å². The number of carbonyl (C=O) groups is 3. The van der Waals surface area contributed by atoms with Crippen molar-refractivity contribution in [1.29, 1.82) is 0 Å². The van der Waals surface area contributed by atoms with E-state index >= 15 is 0 Å². The van der Waals surface area contributed by atoms with E-state index in [1.165, 1.54) is 70.6 Å². The molecule has 2 atom stereocenters. The third-order valence-corrected chi connectivity index (χ3v) is 11.3. The fourth-order valence-electron chi connectivity index (χ4n) is 7.17. The number of allylic oxidation sites excluding steroid dienone is 16. The molecular weight excluding hydrogens is 863 g/mol. The van der Waals surface area contributed by atoms with Crippen molar-refractivity contribution in [2.45, 2.75) is 219 Å². The van der Waals surface area contributed by atoms with E-state index in [9.17, 15) is 19.5 Å². The van der Waals surface area contributed by atoms with Gasteiger partial charge in [0.1, 0.15) is 13.2 Å². The number of rotatable bonds is 49. The monoisotopic (exact) mass is 965 g/mol. The van der Waals surface area contributed by atoms with Gasteiger partial charge in [0.05, 0.1) is 34.4 Å². The standard InChI is InChI=1S/C60H101NO8/c1-6-8-10-12-14-16-18-20-22-24-25-26-27-28-29-30-31-32-33-35-37-39-41-43-45-47-49-51-58(63)69-56(55-68-60(59(64)65)66-53-52-61(3,4)5)54-67-57(62)50-48-46-44-42-40-38-36-34-23-21-19-17-15-13-11-9-7-2/h8-11,14-17,20-23,25-26,36,38,56,60H,6-7,12-13,18-19,24,27-35,37,39-55H2,1-5H3/p+1/b10-8-,11-9-,16-14-,17-15-,22-20-,23-21-,26-25-,38-36-. The van der Waals surface area contributed by atoms with Gasteiger partial charge in [-0.05, 0) is 89.9 Å². The summed E-state index contributed by atoms with van der Waals surface area (Å²) in [7, 11) is 5.95. The molecule has 2 unspecified atom stereocenters. The maximum absolute atomic E-state index is 12.9. The number of carbonyl (C=O) groups excluding carboxylic acids is 2. The second-order valence-electron chi connectivity index (χ2n) is 19.1. The van der Waals surface area contributed by atoms with E-state index in [-0.39, 0.29) is 38.6 Å². The minimum absolute atomic E-state index is 0.179. The predicted octanol–water partition coefficient (Wildman–Crippen LogP) is 15.8. The third kappa shape index (κ3) is 51.9. The van der Waals surface area contributed by atoms with Crippen molar-refractivity contribution in [3.8, 4) is 0 Å². The van der Waals surface area contributed by atoms with Gasteiger partial charge < -0.3 is 28.5 Å². The van der Waals surface area contributed by atoms with E-state index in [0.29, 0.717) is 23.9 Å². The summed E-state index contributed by atoms with van der Waals surface area (Å²) in [6.45, 7) is 4.61. The maximum Gasteiger partial charge on any atom is 0.361 e. The molecular formula is C60H102NO8+. The van der Waals surface area contributed by atoms with Gasteiger partial charge in [0.2, 0.25) is 0 Å². The molecule has 69 heavy (non-hydrogen) atoms. The van der Waals surface area contributed by atoms with Gasteiger partial charge in [-0.2, -0.15) is 0 Å². The van der Waals surface area contributed by atoms with Crippen LogP contribution in [-0.4, -0.2) is 87.4 Å². The Morgan fingerprint density at radius 1 is 0.435 bits per heavy atom. The van der Waals surface area contributed by atoms with Crippen LogP contribution in [0.1, 0.15) is 206 Å². The van der Waals surface area contributed by atoms with E-state index in [0.717, 1.165) is 96.3 Å². The topological polar surface area (TPSA) is 108 Å². The summed E-state index contributed by atoms with van der Waals surface area (Å²) < 4.78 is 22.8. The number of likely N-dealkylation sites (N-methyl/N-ethyl adjacent to an activating group) is 1. The van der Waals surface area contributed by atoms with Crippen LogP contribution in [0.25, 0.3) is 0 Å². The molecule has 0 spiro atoms. The maximum atomic E-state index is 12.9. The molecule has 0 bridgehead atoms. The molecule has 394 valence electrons. The molecule has 0 amide bonds. The molecule has 0 aliphatic heterocycles. The highest BCUT2D eigenvalue weighted by atomic mass is 16.7. The fourth-order valence-corrected chi connectivity index (χ4v) is 7.17. The lowest BCUT2D eigenvalue weighted by Gasteiger charge is -2.25. The Bertz CT molecular complexity index is 1450. The largest absolute Gasteiger partial charge is 0.477 e. The quantitative estimate of drug-likeness (QED) is 0.0211. The molecule has 0 saturated carbocycles. The zero-order chi connectivity index (χ0) is 50.6. The SMILES string of the molecule is CC/C=C\C/C=C\C/C=C\C/C=C\CCCCCCCCCCCCCCCCC(=O)OC(COC(=O)CCCCCC/C=C\C/C=C\C/C=C\C/C=C\CC)COC(OCC[N+](C)(C)C)C(=O)O. The number of hydrogen-bond acceptors (Lipinski definition) is 7. The number of nitrogens with zero attached hydrogens (tertiary/aromatic N) is 1. The first-order valence-corrected chi connectivity index (χ1v) is 27.4. The average Bonchev–Trinajstić information content (AvgIpc) is 3.31. The molecule has 0 aliphatic rings. The molecule has 0 aromatic carbocycles. The lowest BCUT2D eigenvalue weighted by molar-refractivity contribution is -0.870. The van der Waals surface area contributed by atoms with Crippen LogP contribution in [-0.2, 0) is 33.3 Å². The van der Waals surface area contributed by atoms with Crippen LogP contribution in [0.5, 0.6) is 0 Å². The number of ether oxygens (including phenoxy) is 4. The first-order chi connectivity index (χ1) is 33.6. The predicted molar refractivity (Wildman–Crippen MR) is 290 cm³/mol. The van der Waals surface area contributed by atoms with Crippen molar-refractivity contribution < 1.29 is 42.9 Å². The number of unbranched alkanes of at least 4 members (excludes halogenated alkanes) is 18. The van der Waals surface area contributed by atoms with Gasteiger partial charge >= 0.3 is 17.9 Å². The summed E-state index contributed by atoms with van der Waals surface area (Å²) >= 11 is 0. The van der Waals surface area contributed by atoms with E-state index in [4.69, 9.17) is 18.9 Å². The van der Waals surface area contributed by atoms with Crippen molar-refractivity contribution in [3.63, 3.8) is 0 Å². The molecule has 0 heterocycles. The molecule has 0 aromatic rings. The van der Waals surface area contributed by atoms with Crippen LogP contribution in [0.3, 0.4) is 0 Å². The third-order valence-electron chi connectivity index (χ3n) is 11.3. The Kier molecular flexibility index (Phi) is 47.8. The Hall–Kier alpha value is -3.79. The van der Waals surface area contributed by atoms with E-state index in [2.05, 4.69) is 111 Å². The normalized spacial score (nSPS) is 13.6. The van der Waals surface area contributed by atoms with E-state index in [1.54, 1.807) is 0 Å². The summed E-state index contributed by atoms with van der Waals surface area (Å²) in [4.78, 5) is 37.3. The van der Waals surface area contributed by atoms with Crippen LogP contribution >= 0.6 is 0 Å². The van der Waals surface area contributed by atoms with Crippen LogP contribution in [0.15, 0.2) is 97.2 Å². The Balaban J connectivity index is 4.28. The van der Waals surface area contributed by atoms with Gasteiger partial charge in [-0.3, -0.25) is 9.59 Å². The number of carboxylic acids is 1. The zero-order valence-corrected chi connectivity index (χ0v) is 44.7. The van der Waals surface area contributed by atoms with Crippen LogP contribution < -0.4 is 0 Å². The second-order valence-corrected chi connectivity index (χ2v) is 19.1. The molecule has 9 nitrogen and oxygen atoms in total. The Morgan fingerprint density at radius 3 is 1.16 bits per heavy atom. The van der Waals surface area contributed by atoms with E-state index in [1.807, 2.05) is 21.1 Å². The van der Waals surface area contributed by atoms with Crippen molar-refractivity contribution in [2.75, 3.05) is 47.5 Å². The molecule has 1 N–H and O–H groups in total. The van der Waals surface area contributed by atoms with Gasteiger partial charge in [-0.25, -0.2) is 4.79 Å². The number of carboxylic acid groups (broad SMARTS) is 1. The smallest absolute Gasteiger partial charge is 0.361 e. The summed E-state index contributed by atoms with van der Waals surface area (Å²) in [6.07, 6.45) is 64.8. The minimum atomic E-state index is -1.52. The van der Waals surface area contributed by atoms with Gasteiger partial charge in [-0.1, -0.05) is 201 Å². The van der Waals surface area contributed by atoms with Crippen molar-refractivity contribution in [1.82, 2.24) is 0 Å². The molecule has 9 heteroatoms. The number of aliphatic carboxylic acids is 1. The van der Waals surface area contributed by atoms with Crippen molar-refractivity contribution in [2.24, 2.45) is 0 Å². The van der Waals surface area contributed by atoms with Crippen LogP contribution in [0.2, 0.25) is 0 Å². The first-order valence-electron chi connectivity index (χ1n) is 27.4. The number of quaternary nitrogens is 1. The zero-order valence-electron chi connectivity index (χ0n) is 44.7. The molecule has 0 saturated heterocycles.